The summed E-state index contributed by atoms with van der Waals surface area (Å²) < 4.78 is 16.3. The number of nitrogens with zero attached hydrogens (tertiary/aromatic N) is 1. The van der Waals surface area contributed by atoms with Crippen LogP contribution in [0.2, 0.25) is 0 Å². The van der Waals surface area contributed by atoms with Crippen LogP contribution in [-0.4, -0.2) is 15.5 Å². The van der Waals surface area contributed by atoms with Crippen molar-refractivity contribution in [1.29, 1.82) is 0 Å². The van der Waals surface area contributed by atoms with Gasteiger partial charge in [0.05, 0.1) is 6.21 Å². The molecule has 0 aliphatic carbocycles. The maximum Gasteiger partial charge on any atom is 0.144 e. The zero-order chi connectivity index (χ0) is 11.5. The van der Waals surface area contributed by atoms with Gasteiger partial charge in [-0.05, 0) is 26.8 Å². The highest BCUT2D eigenvalue weighted by molar-refractivity contribution is 9.10. The van der Waals surface area contributed by atoms with Crippen molar-refractivity contribution in [1.82, 2.24) is 0 Å². The molecule has 4 heteroatoms. The number of benzene rings is 1. The van der Waals surface area contributed by atoms with Crippen molar-refractivity contribution in [2.75, 3.05) is 0 Å². The lowest BCUT2D eigenvalue weighted by Crippen LogP contribution is -2.25. The van der Waals surface area contributed by atoms with Crippen molar-refractivity contribution < 1.29 is 4.55 Å². The molecule has 1 rings (SSSR count). The minimum absolute atomic E-state index is 0.308. The fourth-order valence-corrected chi connectivity index (χ4v) is 1.76. The molecule has 0 N–H and O–H groups in total. The average molecular weight is 288 g/mol. The molecule has 1 atom stereocenters. The van der Waals surface area contributed by atoms with E-state index >= 15 is 0 Å². The van der Waals surface area contributed by atoms with Crippen LogP contribution in [0.1, 0.15) is 26.3 Å². The van der Waals surface area contributed by atoms with Gasteiger partial charge in [0.15, 0.2) is 0 Å². The molecule has 0 saturated heterocycles. The van der Waals surface area contributed by atoms with Gasteiger partial charge in [0.1, 0.15) is 16.1 Å². The van der Waals surface area contributed by atoms with E-state index in [1.165, 1.54) is 0 Å². The van der Waals surface area contributed by atoms with Gasteiger partial charge in [-0.25, -0.2) is 0 Å². The number of hydrogen-bond donors (Lipinski definition) is 0. The first-order valence-corrected chi connectivity index (χ1v) is 6.52. The van der Waals surface area contributed by atoms with E-state index in [2.05, 4.69) is 20.3 Å². The fraction of sp³-hybridized carbons (Fsp3) is 0.364. The third-order valence-corrected chi connectivity index (χ3v) is 3.78. The van der Waals surface area contributed by atoms with Crippen molar-refractivity contribution in [3.8, 4) is 0 Å². The molecule has 1 aromatic rings. The molecule has 15 heavy (non-hydrogen) atoms. The van der Waals surface area contributed by atoms with Crippen molar-refractivity contribution in [3.63, 3.8) is 0 Å². The lowest BCUT2D eigenvalue weighted by atomic mass is 10.2. The molecule has 0 unspecified atom stereocenters. The molecule has 0 radical (unpaired) electrons. The lowest BCUT2D eigenvalue weighted by Gasteiger charge is -2.17. The molecule has 0 spiro atoms. The molecular weight excluding hydrogens is 274 g/mol. The molecule has 1 aromatic carbocycles. The Morgan fingerprint density at radius 2 is 1.93 bits per heavy atom. The number of halogens is 1. The van der Waals surface area contributed by atoms with E-state index in [4.69, 9.17) is 0 Å². The third-order valence-electron chi connectivity index (χ3n) is 1.72. The van der Waals surface area contributed by atoms with Crippen LogP contribution in [0.25, 0.3) is 0 Å². The van der Waals surface area contributed by atoms with E-state index in [0.29, 0.717) is 0 Å². The van der Waals surface area contributed by atoms with Crippen LogP contribution in [0.15, 0.2) is 33.1 Å². The zero-order valence-corrected chi connectivity index (χ0v) is 11.4. The first kappa shape index (κ1) is 12.7. The summed E-state index contributed by atoms with van der Waals surface area (Å²) in [4.78, 5) is 0. The monoisotopic (exact) mass is 287 g/mol. The Labute approximate surface area is 102 Å². The SMILES string of the molecule is CC(C)(C)[S@@+]([O-])/N=C/c1ccccc1Br. The molecule has 0 aromatic heterocycles. The molecule has 0 aliphatic rings. The van der Waals surface area contributed by atoms with Crippen LogP contribution in [0.4, 0.5) is 0 Å². The molecular formula is C11H14BrNOS. The summed E-state index contributed by atoms with van der Waals surface area (Å²) in [5.74, 6) is 0. The maximum atomic E-state index is 11.6. The summed E-state index contributed by atoms with van der Waals surface area (Å²) in [5.41, 5.74) is 0.940. The average Bonchev–Trinajstić information content (AvgIpc) is 2.14. The molecule has 2 nitrogen and oxygen atoms in total. The summed E-state index contributed by atoms with van der Waals surface area (Å²) in [6.07, 6.45) is 1.64. The molecule has 0 heterocycles. The van der Waals surface area contributed by atoms with Gasteiger partial charge in [-0.15, -0.1) is 0 Å². The molecule has 0 bridgehead atoms. The van der Waals surface area contributed by atoms with E-state index in [9.17, 15) is 4.55 Å². The maximum absolute atomic E-state index is 11.6. The summed E-state index contributed by atoms with van der Waals surface area (Å²) in [7, 11) is 0. The normalized spacial score (nSPS) is 14.5. The van der Waals surface area contributed by atoms with Crippen LogP contribution in [0, 0.1) is 0 Å². The van der Waals surface area contributed by atoms with Crippen LogP contribution >= 0.6 is 15.9 Å². The Kier molecular flexibility index (Phi) is 4.37. The van der Waals surface area contributed by atoms with Crippen molar-refractivity contribution in [2.24, 2.45) is 4.40 Å². The second kappa shape index (κ2) is 5.14. The Morgan fingerprint density at radius 1 is 1.33 bits per heavy atom. The summed E-state index contributed by atoms with van der Waals surface area (Å²) in [5, 5.41) is 0. The Balaban J connectivity index is 2.79. The predicted octanol–water partition coefficient (Wildman–Crippen LogP) is 3.33. The van der Waals surface area contributed by atoms with Gasteiger partial charge in [-0.1, -0.05) is 38.5 Å². The largest absolute Gasteiger partial charge is 0.591 e. The van der Waals surface area contributed by atoms with E-state index in [-0.39, 0.29) is 4.75 Å². The van der Waals surface area contributed by atoms with E-state index in [1.54, 1.807) is 6.21 Å². The highest BCUT2D eigenvalue weighted by Crippen LogP contribution is 2.18. The van der Waals surface area contributed by atoms with Crippen molar-refractivity contribution in [2.45, 2.75) is 25.5 Å². The second-order valence-electron chi connectivity index (χ2n) is 4.12. The molecule has 82 valence electrons. The number of hydrogen-bond acceptors (Lipinski definition) is 2. The Hall–Kier alpha value is -0.320. The van der Waals surface area contributed by atoms with E-state index in [0.717, 1.165) is 10.0 Å². The highest BCUT2D eigenvalue weighted by atomic mass is 79.9. The summed E-state index contributed by atoms with van der Waals surface area (Å²) >= 11 is 2.21. The molecule has 0 saturated carbocycles. The third kappa shape index (κ3) is 3.97. The minimum Gasteiger partial charge on any atom is -0.591 e. The van der Waals surface area contributed by atoms with Crippen LogP contribution < -0.4 is 0 Å². The van der Waals surface area contributed by atoms with Gasteiger partial charge in [-0.2, -0.15) is 0 Å². The van der Waals surface area contributed by atoms with E-state index in [1.807, 2.05) is 45.0 Å². The Bertz CT molecular complexity index is 360. The predicted molar refractivity (Wildman–Crippen MR) is 69.6 cm³/mol. The first-order valence-electron chi connectivity index (χ1n) is 4.62. The van der Waals surface area contributed by atoms with Crippen molar-refractivity contribution in [3.05, 3.63) is 34.3 Å². The minimum atomic E-state index is -1.20. The summed E-state index contributed by atoms with van der Waals surface area (Å²) in [6.45, 7) is 5.71. The smallest absolute Gasteiger partial charge is 0.144 e. The van der Waals surface area contributed by atoms with E-state index < -0.39 is 11.4 Å². The Morgan fingerprint density at radius 3 is 2.47 bits per heavy atom. The molecule has 0 fully saturated rings. The van der Waals surface area contributed by atoms with Gasteiger partial charge in [0.25, 0.3) is 0 Å². The zero-order valence-electron chi connectivity index (χ0n) is 9.03. The van der Waals surface area contributed by atoms with Crippen LogP contribution in [0.5, 0.6) is 0 Å². The van der Waals surface area contributed by atoms with Gasteiger partial charge < -0.3 is 4.55 Å². The summed E-state index contributed by atoms with van der Waals surface area (Å²) in [6, 6.07) is 7.71. The highest BCUT2D eigenvalue weighted by Gasteiger charge is 2.25. The van der Waals surface area contributed by atoms with Gasteiger partial charge in [0.2, 0.25) is 0 Å². The number of rotatable bonds is 2. The quantitative estimate of drug-likeness (QED) is 0.607. The molecule has 0 aliphatic heterocycles. The second-order valence-corrected chi connectivity index (χ2v) is 6.91. The topological polar surface area (TPSA) is 35.4 Å². The van der Waals surface area contributed by atoms with Crippen LogP contribution in [0.3, 0.4) is 0 Å². The fourth-order valence-electron chi connectivity index (χ4n) is 0.843. The van der Waals surface area contributed by atoms with Crippen molar-refractivity contribution >= 4 is 33.5 Å². The van der Waals surface area contributed by atoms with Gasteiger partial charge >= 0.3 is 0 Å². The van der Waals surface area contributed by atoms with Gasteiger partial charge in [-0.3, -0.25) is 0 Å². The lowest BCUT2D eigenvalue weighted by molar-refractivity contribution is 0.562. The van der Waals surface area contributed by atoms with Crippen LogP contribution in [-0.2, 0) is 11.4 Å². The first-order chi connectivity index (χ1) is 6.91. The molecule has 0 amide bonds. The standard InChI is InChI=1S/C11H14BrNOS/c1-11(2,3)15(14)13-8-9-6-4-5-7-10(9)12/h4-8H,1-3H3/b13-8+/t15-/m1/s1. The van der Waals surface area contributed by atoms with Gasteiger partial charge in [0, 0.05) is 10.0 Å².